The summed E-state index contributed by atoms with van der Waals surface area (Å²) < 4.78 is 28.1. The molecular formula is C21H21ClN6O3S. The molecule has 4 heterocycles. The molecule has 0 amide bonds. The second-order valence-electron chi connectivity index (χ2n) is 6.91. The third kappa shape index (κ3) is 4.41. The predicted octanol–water partition coefficient (Wildman–Crippen LogP) is 2.50. The molecule has 0 spiro atoms. The van der Waals surface area contributed by atoms with Crippen LogP contribution in [0.4, 0.5) is 5.82 Å². The van der Waals surface area contributed by atoms with Crippen LogP contribution in [0.25, 0.3) is 5.82 Å². The number of sulfonamides is 1. The maximum Gasteiger partial charge on any atom is 0.276 e. The van der Waals surface area contributed by atoms with Crippen molar-refractivity contribution in [3.05, 3.63) is 94.4 Å². The summed E-state index contributed by atoms with van der Waals surface area (Å²) in [5.41, 5.74) is 1.99. The molecule has 0 aliphatic rings. The zero-order valence-electron chi connectivity index (χ0n) is 17.3. The average molecular weight is 473 g/mol. The van der Waals surface area contributed by atoms with Gasteiger partial charge >= 0.3 is 0 Å². The lowest BCUT2D eigenvalue weighted by Crippen LogP contribution is -2.27. The molecule has 166 valence electrons. The molecule has 0 saturated heterocycles. The molecule has 0 unspecified atom stereocenters. The number of hydrogen-bond donors (Lipinski definition) is 1. The van der Waals surface area contributed by atoms with E-state index in [2.05, 4.69) is 20.1 Å². The highest BCUT2D eigenvalue weighted by molar-refractivity contribution is 7.92. The Bertz CT molecular complexity index is 1350. The smallest absolute Gasteiger partial charge is 0.276 e. The lowest BCUT2D eigenvalue weighted by atomic mass is 10.1. The van der Waals surface area contributed by atoms with Gasteiger partial charge in [0.2, 0.25) is 0 Å². The van der Waals surface area contributed by atoms with E-state index in [1.807, 2.05) is 19.1 Å². The van der Waals surface area contributed by atoms with Gasteiger partial charge in [-0.15, -0.1) is 12.4 Å². The van der Waals surface area contributed by atoms with E-state index in [1.165, 1.54) is 36.3 Å². The Morgan fingerprint density at radius 1 is 1.03 bits per heavy atom. The van der Waals surface area contributed by atoms with Crippen LogP contribution in [0.15, 0.2) is 76.9 Å². The molecule has 0 saturated carbocycles. The van der Waals surface area contributed by atoms with Crippen molar-refractivity contribution in [2.75, 3.05) is 11.4 Å². The van der Waals surface area contributed by atoms with Crippen LogP contribution in [0.2, 0.25) is 0 Å². The standard InChI is InChI=1S/C21H20N6O3S.ClH/c1-15-18(12-16-6-5-10-22-13-16)21(28)27(25-15)20-9-8-17(14-24-20)31(29,30)26(2)19-7-3-4-11-23-19;/h3-11,13-14,25H,12H2,1-2H3;1H. The SMILES string of the molecule is Cc1[nH]n(-c2ccc(S(=O)(=O)N(C)c3ccccn3)cn2)c(=O)c1Cc1cccnc1.Cl. The molecule has 4 aromatic rings. The molecule has 0 radical (unpaired) electrons. The summed E-state index contributed by atoms with van der Waals surface area (Å²) in [6, 6.07) is 11.6. The fourth-order valence-electron chi connectivity index (χ4n) is 3.14. The normalized spacial score (nSPS) is 11.1. The van der Waals surface area contributed by atoms with Gasteiger partial charge in [0.15, 0.2) is 5.82 Å². The molecule has 0 bridgehead atoms. The van der Waals surface area contributed by atoms with Crippen LogP contribution in [-0.4, -0.2) is 40.2 Å². The molecule has 0 aromatic carbocycles. The maximum absolute atomic E-state index is 12.9. The average Bonchev–Trinajstić information content (AvgIpc) is 3.08. The van der Waals surface area contributed by atoms with Gasteiger partial charge in [-0.1, -0.05) is 12.1 Å². The van der Waals surface area contributed by atoms with Crippen molar-refractivity contribution in [2.45, 2.75) is 18.2 Å². The fraction of sp³-hybridized carbons (Fsp3) is 0.143. The second-order valence-corrected chi connectivity index (χ2v) is 8.88. The van der Waals surface area contributed by atoms with E-state index < -0.39 is 10.0 Å². The third-order valence-corrected chi connectivity index (χ3v) is 6.62. The van der Waals surface area contributed by atoms with E-state index in [4.69, 9.17) is 0 Å². The molecule has 0 atom stereocenters. The van der Waals surface area contributed by atoms with Crippen LogP contribution in [0.1, 0.15) is 16.8 Å². The highest BCUT2D eigenvalue weighted by Crippen LogP contribution is 2.20. The number of nitrogens with one attached hydrogen (secondary N) is 1. The Morgan fingerprint density at radius 3 is 2.47 bits per heavy atom. The number of hydrogen-bond acceptors (Lipinski definition) is 6. The number of aromatic amines is 1. The molecular weight excluding hydrogens is 452 g/mol. The van der Waals surface area contributed by atoms with Crippen LogP contribution >= 0.6 is 12.4 Å². The quantitative estimate of drug-likeness (QED) is 0.461. The van der Waals surface area contributed by atoms with Crippen LogP contribution < -0.4 is 9.86 Å². The van der Waals surface area contributed by atoms with Gasteiger partial charge in [-0.25, -0.2) is 23.1 Å². The van der Waals surface area contributed by atoms with Gasteiger partial charge in [0.1, 0.15) is 10.7 Å². The van der Waals surface area contributed by atoms with Crippen molar-refractivity contribution in [1.82, 2.24) is 24.7 Å². The van der Waals surface area contributed by atoms with Gasteiger partial charge < -0.3 is 0 Å². The first-order chi connectivity index (χ1) is 14.9. The van der Waals surface area contributed by atoms with Crippen LogP contribution in [-0.2, 0) is 16.4 Å². The van der Waals surface area contributed by atoms with Crippen molar-refractivity contribution in [3.63, 3.8) is 0 Å². The summed E-state index contributed by atoms with van der Waals surface area (Å²) in [6.07, 6.45) is 6.57. The Labute approximate surface area is 191 Å². The largest absolute Gasteiger partial charge is 0.294 e. The molecule has 4 aromatic heterocycles. The highest BCUT2D eigenvalue weighted by Gasteiger charge is 2.23. The predicted molar refractivity (Wildman–Crippen MR) is 123 cm³/mol. The summed E-state index contributed by atoms with van der Waals surface area (Å²) in [5.74, 6) is 0.591. The number of rotatable bonds is 6. The summed E-state index contributed by atoms with van der Waals surface area (Å²) in [7, 11) is -2.42. The summed E-state index contributed by atoms with van der Waals surface area (Å²) >= 11 is 0. The molecule has 9 nitrogen and oxygen atoms in total. The number of anilines is 1. The van der Waals surface area contributed by atoms with E-state index >= 15 is 0 Å². The molecule has 0 fully saturated rings. The Hall–Kier alpha value is -3.50. The highest BCUT2D eigenvalue weighted by atomic mass is 35.5. The van der Waals surface area contributed by atoms with Crippen LogP contribution in [0.5, 0.6) is 0 Å². The minimum atomic E-state index is -3.84. The lowest BCUT2D eigenvalue weighted by Gasteiger charge is -2.18. The van der Waals surface area contributed by atoms with Crippen LogP contribution in [0, 0.1) is 6.92 Å². The molecule has 11 heteroatoms. The zero-order chi connectivity index (χ0) is 22.0. The van der Waals surface area contributed by atoms with E-state index in [0.717, 1.165) is 9.87 Å². The maximum atomic E-state index is 12.9. The second kappa shape index (κ2) is 9.33. The van der Waals surface area contributed by atoms with Crippen molar-refractivity contribution in [3.8, 4) is 5.82 Å². The van der Waals surface area contributed by atoms with Crippen LogP contribution in [0.3, 0.4) is 0 Å². The van der Waals surface area contributed by atoms with Crippen molar-refractivity contribution in [2.24, 2.45) is 0 Å². The van der Waals surface area contributed by atoms with Crippen molar-refractivity contribution < 1.29 is 8.42 Å². The molecule has 0 aliphatic heterocycles. The Kier molecular flexibility index (Phi) is 6.75. The minimum Gasteiger partial charge on any atom is -0.294 e. The van der Waals surface area contributed by atoms with Gasteiger partial charge in [-0.05, 0) is 42.8 Å². The lowest BCUT2D eigenvalue weighted by molar-refractivity contribution is 0.593. The molecule has 1 N–H and O–H groups in total. The molecule has 0 aliphatic carbocycles. The summed E-state index contributed by atoms with van der Waals surface area (Å²) in [4.78, 5) is 25.3. The third-order valence-electron chi connectivity index (χ3n) is 4.88. The number of nitrogens with zero attached hydrogens (tertiary/aromatic N) is 5. The van der Waals surface area contributed by atoms with Gasteiger partial charge in [0.05, 0.1) is 0 Å². The first kappa shape index (κ1) is 23.2. The zero-order valence-corrected chi connectivity index (χ0v) is 19.0. The van der Waals surface area contributed by atoms with Gasteiger partial charge in [0.25, 0.3) is 15.6 Å². The Morgan fingerprint density at radius 2 is 1.84 bits per heavy atom. The number of pyridine rings is 3. The van der Waals surface area contributed by atoms with E-state index in [-0.39, 0.29) is 22.9 Å². The van der Waals surface area contributed by atoms with E-state index in [1.54, 1.807) is 30.6 Å². The summed E-state index contributed by atoms with van der Waals surface area (Å²) in [6.45, 7) is 1.81. The minimum absolute atomic E-state index is 0. The first-order valence-electron chi connectivity index (χ1n) is 9.43. The number of aromatic nitrogens is 5. The monoisotopic (exact) mass is 472 g/mol. The van der Waals surface area contributed by atoms with E-state index in [9.17, 15) is 13.2 Å². The first-order valence-corrected chi connectivity index (χ1v) is 10.9. The molecule has 4 rings (SSSR count). The number of halogens is 1. The topological polar surface area (TPSA) is 114 Å². The fourth-order valence-corrected chi connectivity index (χ4v) is 4.23. The molecule has 32 heavy (non-hydrogen) atoms. The van der Waals surface area contributed by atoms with Crippen molar-refractivity contribution in [1.29, 1.82) is 0 Å². The Balaban J connectivity index is 0.00000289. The van der Waals surface area contributed by atoms with Gasteiger partial charge in [-0.3, -0.25) is 19.2 Å². The number of aryl methyl sites for hydroxylation is 1. The number of H-pyrrole nitrogens is 1. The van der Waals surface area contributed by atoms with E-state index in [0.29, 0.717) is 29.3 Å². The van der Waals surface area contributed by atoms with Crippen molar-refractivity contribution >= 4 is 28.2 Å². The summed E-state index contributed by atoms with van der Waals surface area (Å²) in [5, 5.41) is 3.01. The van der Waals surface area contributed by atoms with Gasteiger partial charge in [0, 0.05) is 49.5 Å². The van der Waals surface area contributed by atoms with Gasteiger partial charge in [-0.2, -0.15) is 0 Å².